The summed E-state index contributed by atoms with van der Waals surface area (Å²) in [4.78, 5) is 38.2. The largest absolute Gasteiger partial charge is 0.469 e. The zero-order valence-electron chi connectivity index (χ0n) is 18.2. The van der Waals surface area contributed by atoms with Crippen LogP contribution in [0.5, 0.6) is 0 Å². The van der Waals surface area contributed by atoms with Crippen molar-refractivity contribution in [3.05, 3.63) is 36.0 Å². The number of ether oxygens (including phenoxy) is 1. The van der Waals surface area contributed by atoms with Crippen LogP contribution in [0.25, 0.3) is 10.9 Å². The van der Waals surface area contributed by atoms with Crippen molar-refractivity contribution in [1.82, 2.24) is 15.2 Å². The Kier molecular flexibility index (Phi) is 7.68. The van der Waals surface area contributed by atoms with E-state index in [1.54, 1.807) is 0 Å². The van der Waals surface area contributed by atoms with Crippen molar-refractivity contribution in [1.29, 1.82) is 0 Å². The first-order chi connectivity index (χ1) is 15.0. The van der Waals surface area contributed by atoms with E-state index in [0.29, 0.717) is 37.9 Å². The van der Waals surface area contributed by atoms with E-state index < -0.39 is 6.04 Å². The fourth-order valence-electron chi connectivity index (χ4n) is 4.35. The number of nitrogens with zero attached hydrogens (tertiary/aromatic N) is 1. The molecule has 31 heavy (non-hydrogen) atoms. The average molecular weight is 429 g/mol. The molecule has 1 aromatic carbocycles. The number of carbonyl (C=O) groups excluding carboxylic acids is 3. The number of amides is 2. The molecule has 1 fully saturated rings. The molecule has 0 bridgehead atoms. The molecule has 2 amide bonds. The van der Waals surface area contributed by atoms with Crippen LogP contribution in [0.3, 0.4) is 0 Å². The molecule has 0 aliphatic heterocycles. The molecule has 8 heteroatoms. The summed E-state index contributed by atoms with van der Waals surface area (Å²) in [5.74, 6) is -1.26. The predicted octanol–water partition coefficient (Wildman–Crippen LogP) is 1.86. The van der Waals surface area contributed by atoms with Crippen molar-refractivity contribution in [2.45, 2.75) is 50.6 Å². The number of hydrogen-bond donors (Lipinski definition) is 3. The van der Waals surface area contributed by atoms with Crippen LogP contribution in [0.2, 0.25) is 0 Å². The molecule has 1 saturated carbocycles. The minimum atomic E-state index is -0.728. The second kappa shape index (κ2) is 10.4. The Labute approximate surface area is 182 Å². The molecule has 1 aliphatic carbocycles. The molecule has 1 heterocycles. The van der Waals surface area contributed by atoms with Crippen molar-refractivity contribution < 1.29 is 19.1 Å². The normalized spacial score (nSPS) is 19.6. The molecule has 3 rings (SSSR count). The van der Waals surface area contributed by atoms with Gasteiger partial charge in [0.15, 0.2) is 0 Å². The summed E-state index contributed by atoms with van der Waals surface area (Å²) in [6, 6.07) is 8.53. The van der Waals surface area contributed by atoms with Gasteiger partial charge in [-0.2, -0.15) is 0 Å². The summed E-state index contributed by atoms with van der Waals surface area (Å²) in [5, 5.41) is 6.82. The van der Waals surface area contributed by atoms with Crippen LogP contribution in [0, 0.1) is 5.92 Å². The SMILES string of the molecule is COC(=O)[C@@H]1CCCC[C@@H]1NC(=O)[C@H](CCCN)NC(=O)c1cc2ccccc2n1C. The lowest BCUT2D eigenvalue weighted by Gasteiger charge is -2.31. The van der Waals surface area contributed by atoms with Gasteiger partial charge >= 0.3 is 5.97 Å². The Morgan fingerprint density at radius 2 is 1.97 bits per heavy atom. The number of nitrogens with two attached hydrogens (primary N) is 1. The number of methoxy groups -OCH3 is 1. The minimum Gasteiger partial charge on any atom is -0.469 e. The van der Waals surface area contributed by atoms with E-state index in [1.165, 1.54) is 7.11 Å². The van der Waals surface area contributed by atoms with Crippen LogP contribution >= 0.6 is 0 Å². The van der Waals surface area contributed by atoms with Gasteiger partial charge in [-0.15, -0.1) is 0 Å². The van der Waals surface area contributed by atoms with Gasteiger partial charge in [0.25, 0.3) is 5.91 Å². The summed E-state index contributed by atoms with van der Waals surface area (Å²) in [6.45, 7) is 0.419. The topological polar surface area (TPSA) is 115 Å². The van der Waals surface area contributed by atoms with Gasteiger partial charge in [0.05, 0.1) is 13.0 Å². The van der Waals surface area contributed by atoms with E-state index >= 15 is 0 Å². The highest BCUT2D eigenvalue weighted by Gasteiger charge is 2.34. The quantitative estimate of drug-likeness (QED) is 0.555. The molecule has 168 valence electrons. The highest BCUT2D eigenvalue weighted by atomic mass is 16.5. The third-order valence-electron chi connectivity index (χ3n) is 6.10. The number of hydrogen-bond acceptors (Lipinski definition) is 5. The monoisotopic (exact) mass is 428 g/mol. The molecule has 0 spiro atoms. The zero-order chi connectivity index (χ0) is 22.4. The van der Waals surface area contributed by atoms with E-state index in [9.17, 15) is 14.4 Å². The first kappa shape index (κ1) is 22.8. The minimum absolute atomic E-state index is 0.288. The number of benzene rings is 1. The third kappa shape index (κ3) is 5.25. The summed E-state index contributed by atoms with van der Waals surface area (Å²) in [6.07, 6.45) is 4.29. The Morgan fingerprint density at radius 1 is 1.23 bits per heavy atom. The van der Waals surface area contributed by atoms with E-state index in [4.69, 9.17) is 10.5 Å². The number of para-hydroxylation sites is 1. The van der Waals surface area contributed by atoms with Gasteiger partial charge in [-0.3, -0.25) is 14.4 Å². The smallest absolute Gasteiger partial charge is 0.310 e. The van der Waals surface area contributed by atoms with Crippen molar-refractivity contribution in [2.75, 3.05) is 13.7 Å². The first-order valence-corrected chi connectivity index (χ1v) is 10.9. The van der Waals surface area contributed by atoms with Crippen molar-refractivity contribution in [2.24, 2.45) is 18.7 Å². The number of rotatable bonds is 8. The van der Waals surface area contributed by atoms with E-state index in [0.717, 1.165) is 23.7 Å². The maximum absolute atomic E-state index is 13.1. The highest BCUT2D eigenvalue weighted by Crippen LogP contribution is 2.26. The number of aromatic nitrogens is 1. The summed E-state index contributed by atoms with van der Waals surface area (Å²) < 4.78 is 6.73. The van der Waals surface area contributed by atoms with Crippen LogP contribution in [-0.2, 0) is 21.4 Å². The maximum Gasteiger partial charge on any atom is 0.310 e. The molecule has 1 aromatic heterocycles. The predicted molar refractivity (Wildman–Crippen MR) is 118 cm³/mol. The Bertz CT molecular complexity index is 939. The summed E-state index contributed by atoms with van der Waals surface area (Å²) in [5.41, 5.74) is 7.07. The number of fused-ring (bicyclic) bond motifs is 1. The van der Waals surface area contributed by atoms with Crippen molar-refractivity contribution in [3.8, 4) is 0 Å². The van der Waals surface area contributed by atoms with Crippen LogP contribution in [0.4, 0.5) is 0 Å². The molecule has 0 radical (unpaired) electrons. The third-order valence-corrected chi connectivity index (χ3v) is 6.10. The van der Waals surface area contributed by atoms with Crippen molar-refractivity contribution in [3.63, 3.8) is 0 Å². The lowest BCUT2D eigenvalue weighted by atomic mass is 9.84. The summed E-state index contributed by atoms with van der Waals surface area (Å²) in [7, 11) is 3.19. The number of nitrogens with one attached hydrogen (secondary N) is 2. The van der Waals surface area contributed by atoms with E-state index in [1.807, 2.05) is 41.9 Å². The lowest BCUT2D eigenvalue weighted by molar-refractivity contribution is -0.147. The van der Waals surface area contributed by atoms with E-state index in [2.05, 4.69) is 10.6 Å². The second-order valence-electron chi connectivity index (χ2n) is 8.13. The Hall–Kier alpha value is -2.87. The van der Waals surface area contributed by atoms with Crippen LogP contribution in [-0.4, -0.2) is 48.1 Å². The summed E-state index contributed by atoms with van der Waals surface area (Å²) >= 11 is 0. The Balaban J connectivity index is 1.74. The fourth-order valence-corrected chi connectivity index (χ4v) is 4.35. The highest BCUT2D eigenvalue weighted by molar-refractivity contribution is 6.00. The number of esters is 1. The average Bonchev–Trinajstić information content (AvgIpc) is 3.13. The molecule has 8 nitrogen and oxygen atoms in total. The number of aryl methyl sites for hydroxylation is 1. The maximum atomic E-state index is 13.1. The molecular weight excluding hydrogens is 396 g/mol. The van der Waals surface area contributed by atoms with Gasteiger partial charge in [0, 0.05) is 24.0 Å². The molecule has 4 N–H and O–H groups in total. The zero-order valence-corrected chi connectivity index (χ0v) is 18.2. The Morgan fingerprint density at radius 3 is 2.68 bits per heavy atom. The van der Waals surface area contributed by atoms with Crippen LogP contribution < -0.4 is 16.4 Å². The number of carbonyl (C=O) groups is 3. The van der Waals surface area contributed by atoms with Crippen LogP contribution in [0.15, 0.2) is 30.3 Å². The van der Waals surface area contributed by atoms with Gasteiger partial charge in [0.1, 0.15) is 11.7 Å². The first-order valence-electron chi connectivity index (χ1n) is 10.9. The molecular formula is C23H32N4O4. The van der Waals surface area contributed by atoms with Crippen LogP contribution in [0.1, 0.15) is 49.0 Å². The molecule has 1 aliphatic rings. The van der Waals surface area contributed by atoms with Gasteiger partial charge in [-0.05, 0) is 44.4 Å². The molecule has 2 aromatic rings. The van der Waals surface area contributed by atoms with E-state index in [-0.39, 0.29) is 29.7 Å². The fraction of sp³-hybridized carbons (Fsp3) is 0.522. The second-order valence-corrected chi connectivity index (χ2v) is 8.13. The molecule has 0 unspecified atom stereocenters. The molecule has 0 saturated heterocycles. The van der Waals surface area contributed by atoms with Crippen molar-refractivity contribution >= 4 is 28.7 Å². The lowest BCUT2D eigenvalue weighted by Crippen LogP contribution is -2.53. The van der Waals surface area contributed by atoms with Gasteiger partial charge in [-0.25, -0.2) is 0 Å². The van der Waals surface area contributed by atoms with Gasteiger partial charge < -0.3 is 25.7 Å². The standard InChI is InChI=1S/C23H32N4O4/c1-27-19-12-6-3-8-15(19)14-20(27)22(29)26-18(11-7-13-24)21(28)25-17-10-5-4-9-16(17)23(30)31-2/h3,6,8,12,14,16-18H,4-5,7,9-11,13,24H2,1-2H3,(H,25,28)(H,26,29)/t16-,17+,18+/m1/s1. The van der Waals surface area contributed by atoms with Gasteiger partial charge in [-0.1, -0.05) is 31.0 Å². The molecule has 3 atom stereocenters. The van der Waals surface area contributed by atoms with Gasteiger partial charge in [0.2, 0.25) is 5.91 Å².